The molecular weight excluding hydrogens is 295 g/mol. The van der Waals surface area contributed by atoms with Gasteiger partial charge in [0, 0.05) is 5.56 Å². The minimum Gasteiger partial charge on any atom is -0.385 e. The molecule has 0 aliphatic carbocycles. The van der Waals surface area contributed by atoms with Crippen molar-refractivity contribution in [1.29, 1.82) is 0 Å². The average Bonchev–Trinajstić information content (AvgIpc) is 2.99. The van der Waals surface area contributed by atoms with Crippen molar-refractivity contribution in [2.75, 3.05) is 0 Å². The zero-order chi connectivity index (χ0) is 16.4. The second-order valence-electron chi connectivity index (χ2n) is 5.79. The van der Waals surface area contributed by atoms with Crippen LogP contribution in [0.4, 0.5) is 4.39 Å². The number of rotatable bonds is 4. The molecule has 0 unspecified atom stereocenters. The molecule has 0 aliphatic heterocycles. The summed E-state index contributed by atoms with van der Waals surface area (Å²) in [4.78, 5) is 4.26. The van der Waals surface area contributed by atoms with Gasteiger partial charge in [0.05, 0.1) is 12.0 Å². The van der Waals surface area contributed by atoms with E-state index in [4.69, 9.17) is 4.52 Å². The normalized spacial score (nSPS) is 13.7. The number of aliphatic hydroxyl groups is 1. The fourth-order valence-corrected chi connectivity index (χ4v) is 2.37. The molecule has 3 rings (SSSR count). The summed E-state index contributed by atoms with van der Waals surface area (Å²) in [5.74, 6) is 0.294. The number of aryl methyl sites for hydroxylation is 1. The van der Waals surface area contributed by atoms with Crippen LogP contribution in [-0.4, -0.2) is 15.2 Å². The number of nitrogens with zero attached hydrogens (tertiary/aromatic N) is 2. The Kier molecular flexibility index (Phi) is 3.96. The molecule has 1 N–H and O–H groups in total. The fraction of sp³-hybridized carbons (Fsp3) is 0.222. The van der Waals surface area contributed by atoms with E-state index < -0.39 is 5.60 Å². The monoisotopic (exact) mass is 312 g/mol. The van der Waals surface area contributed by atoms with Gasteiger partial charge in [-0.05, 0) is 31.0 Å². The molecule has 1 atom stereocenters. The first-order valence-corrected chi connectivity index (χ1v) is 7.33. The molecule has 0 bridgehead atoms. The molecule has 0 saturated carbocycles. The summed E-state index contributed by atoms with van der Waals surface area (Å²) in [6.45, 7) is 3.38. The van der Waals surface area contributed by atoms with Crippen molar-refractivity contribution < 1.29 is 14.0 Å². The molecule has 1 aromatic heterocycles. The summed E-state index contributed by atoms with van der Waals surface area (Å²) in [6.07, 6.45) is 0.179. The van der Waals surface area contributed by atoms with Crippen LogP contribution in [0.3, 0.4) is 0 Å². The van der Waals surface area contributed by atoms with E-state index in [9.17, 15) is 9.50 Å². The molecule has 1 heterocycles. The van der Waals surface area contributed by atoms with E-state index in [-0.39, 0.29) is 12.2 Å². The lowest BCUT2D eigenvalue weighted by molar-refractivity contribution is 0.0490. The molecule has 4 nitrogen and oxygen atoms in total. The van der Waals surface area contributed by atoms with Crippen molar-refractivity contribution in [2.45, 2.75) is 25.9 Å². The molecule has 0 radical (unpaired) electrons. The molecule has 3 aromatic rings. The van der Waals surface area contributed by atoms with E-state index in [1.165, 1.54) is 6.07 Å². The number of benzene rings is 2. The third kappa shape index (κ3) is 3.29. The van der Waals surface area contributed by atoms with E-state index >= 15 is 0 Å². The second-order valence-corrected chi connectivity index (χ2v) is 5.79. The maximum atomic E-state index is 13.6. The van der Waals surface area contributed by atoms with Gasteiger partial charge in [-0.3, -0.25) is 0 Å². The van der Waals surface area contributed by atoms with Gasteiger partial charge in [-0.15, -0.1) is 0 Å². The van der Waals surface area contributed by atoms with Gasteiger partial charge in [0.15, 0.2) is 0 Å². The van der Waals surface area contributed by atoms with Gasteiger partial charge in [0.1, 0.15) is 5.82 Å². The standard InChI is InChI=1S/C18H17FN2O2/c1-12-8-9-13(10-15(12)19)17-20-16(23-21-17)11-18(2,22)14-6-4-3-5-7-14/h3-10,22H,11H2,1-2H3/t18-/m1/s1. The van der Waals surface area contributed by atoms with Crippen LogP contribution >= 0.6 is 0 Å². The minimum atomic E-state index is -1.12. The summed E-state index contributed by atoms with van der Waals surface area (Å²) < 4.78 is 18.8. The largest absolute Gasteiger partial charge is 0.385 e. The quantitative estimate of drug-likeness (QED) is 0.799. The molecule has 23 heavy (non-hydrogen) atoms. The van der Waals surface area contributed by atoms with Crippen LogP contribution in [0.2, 0.25) is 0 Å². The van der Waals surface area contributed by atoms with Crippen molar-refractivity contribution in [3.05, 3.63) is 71.4 Å². The Labute approximate surface area is 133 Å². The first-order chi connectivity index (χ1) is 11.0. The van der Waals surface area contributed by atoms with Gasteiger partial charge >= 0.3 is 0 Å². The number of hydrogen-bond donors (Lipinski definition) is 1. The molecular formula is C18H17FN2O2. The zero-order valence-corrected chi connectivity index (χ0v) is 13.0. The highest BCUT2D eigenvalue weighted by molar-refractivity contribution is 5.54. The van der Waals surface area contributed by atoms with Crippen LogP contribution in [0.1, 0.15) is 23.9 Å². The lowest BCUT2D eigenvalue weighted by Crippen LogP contribution is -2.24. The van der Waals surface area contributed by atoms with E-state index in [0.29, 0.717) is 22.8 Å². The number of hydrogen-bond acceptors (Lipinski definition) is 4. The summed E-state index contributed by atoms with van der Waals surface area (Å²) >= 11 is 0. The van der Waals surface area contributed by atoms with Crippen molar-refractivity contribution >= 4 is 0 Å². The second kappa shape index (κ2) is 5.93. The highest BCUT2D eigenvalue weighted by Gasteiger charge is 2.26. The summed E-state index contributed by atoms with van der Waals surface area (Å²) in [6, 6.07) is 14.1. The van der Waals surface area contributed by atoms with Crippen LogP contribution in [-0.2, 0) is 12.0 Å². The fourth-order valence-electron chi connectivity index (χ4n) is 2.37. The predicted molar refractivity (Wildman–Crippen MR) is 84.1 cm³/mol. The molecule has 0 aliphatic rings. The smallest absolute Gasteiger partial charge is 0.230 e. The van der Waals surface area contributed by atoms with Crippen molar-refractivity contribution in [2.24, 2.45) is 0 Å². The first kappa shape index (κ1) is 15.4. The molecule has 0 fully saturated rings. The van der Waals surface area contributed by atoms with Crippen LogP contribution in [0.5, 0.6) is 0 Å². The van der Waals surface area contributed by atoms with Gasteiger partial charge < -0.3 is 9.63 Å². The average molecular weight is 312 g/mol. The Bertz CT molecular complexity index is 813. The maximum Gasteiger partial charge on any atom is 0.230 e. The SMILES string of the molecule is Cc1ccc(-c2noc(C[C@@](C)(O)c3ccccc3)n2)cc1F. The van der Waals surface area contributed by atoms with E-state index in [1.807, 2.05) is 30.3 Å². The zero-order valence-electron chi connectivity index (χ0n) is 13.0. The van der Waals surface area contributed by atoms with Crippen LogP contribution < -0.4 is 0 Å². The van der Waals surface area contributed by atoms with Crippen LogP contribution in [0.25, 0.3) is 11.4 Å². The summed E-state index contributed by atoms with van der Waals surface area (Å²) in [7, 11) is 0. The first-order valence-electron chi connectivity index (χ1n) is 7.33. The van der Waals surface area contributed by atoms with Crippen molar-refractivity contribution in [3.63, 3.8) is 0 Å². The number of halogens is 1. The molecule has 118 valence electrons. The Hall–Kier alpha value is -2.53. The molecule has 2 aromatic carbocycles. The molecule has 0 amide bonds. The Balaban J connectivity index is 1.83. The third-order valence-electron chi connectivity index (χ3n) is 3.79. The van der Waals surface area contributed by atoms with Crippen LogP contribution in [0, 0.1) is 12.7 Å². The number of aromatic nitrogens is 2. The summed E-state index contributed by atoms with van der Waals surface area (Å²) in [5.41, 5.74) is 0.747. The Morgan fingerprint density at radius 2 is 1.91 bits per heavy atom. The van der Waals surface area contributed by atoms with Gasteiger partial charge in [0.2, 0.25) is 11.7 Å². The predicted octanol–water partition coefficient (Wildman–Crippen LogP) is 3.63. The van der Waals surface area contributed by atoms with Gasteiger partial charge in [-0.25, -0.2) is 4.39 Å². The highest BCUT2D eigenvalue weighted by atomic mass is 19.1. The van der Waals surface area contributed by atoms with Gasteiger partial charge in [-0.2, -0.15) is 4.98 Å². The lowest BCUT2D eigenvalue weighted by Gasteiger charge is -2.21. The topological polar surface area (TPSA) is 59.2 Å². The molecule has 5 heteroatoms. The van der Waals surface area contributed by atoms with Gasteiger partial charge in [0.25, 0.3) is 0 Å². The third-order valence-corrected chi connectivity index (χ3v) is 3.79. The van der Waals surface area contributed by atoms with E-state index in [1.54, 1.807) is 26.0 Å². The van der Waals surface area contributed by atoms with Crippen LogP contribution in [0.15, 0.2) is 53.1 Å². The Morgan fingerprint density at radius 3 is 2.61 bits per heavy atom. The summed E-state index contributed by atoms with van der Waals surface area (Å²) in [5, 5.41) is 14.5. The van der Waals surface area contributed by atoms with Crippen molar-refractivity contribution in [3.8, 4) is 11.4 Å². The van der Waals surface area contributed by atoms with E-state index in [2.05, 4.69) is 10.1 Å². The van der Waals surface area contributed by atoms with E-state index in [0.717, 1.165) is 5.56 Å². The minimum absolute atomic E-state index is 0.179. The van der Waals surface area contributed by atoms with Crippen molar-refractivity contribution in [1.82, 2.24) is 10.1 Å². The van der Waals surface area contributed by atoms with Gasteiger partial charge in [-0.1, -0.05) is 47.6 Å². The lowest BCUT2D eigenvalue weighted by atomic mass is 9.93. The molecule has 0 saturated heterocycles. The highest BCUT2D eigenvalue weighted by Crippen LogP contribution is 2.26. The molecule has 0 spiro atoms. The Morgan fingerprint density at radius 1 is 1.17 bits per heavy atom. The maximum absolute atomic E-state index is 13.6.